The van der Waals surface area contributed by atoms with Crippen LogP contribution in [0.4, 0.5) is 0 Å². The van der Waals surface area contributed by atoms with Crippen molar-refractivity contribution in [2.75, 3.05) is 20.8 Å². The highest BCUT2D eigenvalue weighted by Gasteiger charge is 2.16. The van der Waals surface area contributed by atoms with Gasteiger partial charge in [0.2, 0.25) is 5.76 Å². The number of rotatable bonds is 6. The van der Waals surface area contributed by atoms with Gasteiger partial charge < -0.3 is 18.6 Å². The molecule has 0 aliphatic carbocycles. The van der Waals surface area contributed by atoms with E-state index >= 15 is 0 Å². The smallest absolute Gasteiger partial charge is 0.374 e. The lowest BCUT2D eigenvalue weighted by atomic mass is 10.2. The molecule has 156 valence electrons. The predicted octanol–water partition coefficient (Wildman–Crippen LogP) is 2.72. The van der Waals surface area contributed by atoms with Gasteiger partial charge in [0, 0.05) is 16.0 Å². The number of esters is 1. The highest BCUT2D eigenvalue weighted by Crippen LogP contribution is 2.27. The van der Waals surface area contributed by atoms with Crippen molar-refractivity contribution >= 4 is 40.4 Å². The summed E-state index contributed by atoms with van der Waals surface area (Å²) in [5.74, 6) is -1.42. The molecule has 0 aliphatic heterocycles. The number of nitrogens with one attached hydrogen (secondary N) is 2. The van der Waals surface area contributed by atoms with Gasteiger partial charge in [-0.1, -0.05) is 11.6 Å². The van der Waals surface area contributed by atoms with E-state index in [-0.39, 0.29) is 11.3 Å². The number of hydrazine groups is 1. The van der Waals surface area contributed by atoms with Crippen molar-refractivity contribution in [1.29, 1.82) is 0 Å². The molecule has 0 saturated carbocycles. The topological polar surface area (TPSA) is 116 Å². The van der Waals surface area contributed by atoms with Crippen LogP contribution in [-0.2, 0) is 9.53 Å². The largest absolute Gasteiger partial charge is 0.493 e. The minimum Gasteiger partial charge on any atom is -0.493 e. The molecular weight excluding hydrogens is 416 g/mol. The minimum absolute atomic E-state index is 0.0746. The van der Waals surface area contributed by atoms with Crippen LogP contribution < -0.4 is 20.3 Å². The molecule has 0 unspecified atom stereocenters. The van der Waals surface area contributed by atoms with Crippen molar-refractivity contribution in [2.24, 2.45) is 0 Å². The van der Waals surface area contributed by atoms with Gasteiger partial charge in [0.1, 0.15) is 5.58 Å². The first-order chi connectivity index (χ1) is 14.4. The number of ether oxygens (including phenoxy) is 3. The normalized spacial score (nSPS) is 10.4. The van der Waals surface area contributed by atoms with Crippen molar-refractivity contribution in [1.82, 2.24) is 10.9 Å². The van der Waals surface area contributed by atoms with E-state index in [4.69, 9.17) is 30.2 Å². The van der Waals surface area contributed by atoms with Gasteiger partial charge in [-0.05, 0) is 42.5 Å². The monoisotopic (exact) mass is 432 g/mol. The van der Waals surface area contributed by atoms with Gasteiger partial charge in [0.25, 0.3) is 11.8 Å². The molecule has 2 amide bonds. The second-order valence-electron chi connectivity index (χ2n) is 5.94. The molecule has 3 aromatic rings. The van der Waals surface area contributed by atoms with Crippen LogP contribution in [0.5, 0.6) is 11.5 Å². The molecule has 0 aliphatic rings. The van der Waals surface area contributed by atoms with Crippen molar-refractivity contribution in [3.05, 3.63) is 58.8 Å². The molecule has 10 heteroatoms. The van der Waals surface area contributed by atoms with Crippen LogP contribution in [0.2, 0.25) is 5.02 Å². The second kappa shape index (κ2) is 9.19. The van der Waals surface area contributed by atoms with Crippen LogP contribution in [0.25, 0.3) is 11.0 Å². The Morgan fingerprint density at radius 1 is 0.967 bits per heavy atom. The van der Waals surface area contributed by atoms with Crippen molar-refractivity contribution in [3.63, 3.8) is 0 Å². The van der Waals surface area contributed by atoms with Gasteiger partial charge in [-0.3, -0.25) is 20.4 Å². The third-order valence-corrected chi connectivity index (χ3v) is 4.21. The molecule has 0 bridgehead atoms. The summed E-state index contributed by atoms with van der Waals surface area (Å²) in [7, 11) is 2.91. The lowest BCUT2D eigenvalue weighted by Crippen LogP contribution is -2.43. The summed E-state index contributed by atoms with van der Waals surface area (Å²) < 4.78 is 20.5. The first-order valence-corrected chi connectivity index (χ1v) is 8.96. The number of halogens is 1. The number of hydrogen-bond acceptors (Lipinski definition) is 7. The summed E-state index contributed by atoms with van der Waals surface area (Å²) in [5, 5.41) is 1.12. The zero-order valence-electron chi connectivity index (χ0n) is 16.0. The number of fused-ring (bicyclic) bond motifs is 1. The van der Waals surface area contributed by atoms with Gasteiger partial charge in [-0.2, -0.15) is 0 Å². The fraction of sp³-hybridized carbons (Fsp3) is 0.150. The third-order valence-electron chi connectivity index (χ3n) is 3.98. The lowest BCUT2D eigenvalue weighted by Gasteiger charge is -2.10. The average Bonchev–Trinajstić information content (AvgIpc) is 3.18. The molecule has 0 radical (unpaired) electrons. The van der Waals surface area contributed by atoms with E-state index in [1.54, 1.807) is 24.3 Å². The van der Waals surface area contributed by atoms with Crippen LogP contribution in [0.1, 0.15) is 20.9 Å². The maximum atomic E-state index is 12.1. The standard InChI is InChI=1S/C20H17ClN2O7/c1-27-15-5-3-11(8-16(15)28-2)19(25)23-22-18(24)10-29-20(26)17-9-12-7-13(21)4-6-14(12)30-17/h3-9H,10H2,1-2H3,(H,22,24)(H,23,25). The third kappa shape index (κ3) is 4.81. The highest BCUT2D eigenvalue weighted by molar-refractivity contribution is 6.31. The summed E-state index contributed by atoms with van der Waals surface area (Å²) in [6.45, 7) is -0.622. The quantitative estimate of drug-likeness (QED) is 0.454. The van der Waals surface area contributed by atoms with Crippen molar-refractivity contribution in [3.8, 4) is 11.5 Å². The van der Waals surface area contributed by atoms with Crippen LogP contribution in [0.15, 0.2) is 46.9 Å². The maximum absolute atomic E-state index is 12.1. The van der Waals surface area contributed by atoms with Crippen LogP contribution in [0.3, 0.4) is 0 Å². The number of hydrogen-bond donors (Lipinski definition) is 2. The Labute approximate surface area is 175 Å². The highest BCUT2D eigenvalue weighted by atomic mass is 35.5. The van der Waals surface area contributed by atoms with E-state index < -0.39 is 24.4 Å². The number of carbonyl (C=O) groups is 3. The van der Waals surface area contributed by atoms with Crippen LogP contribution in [-0.4, -0.2) is 38.6 Å². The first kappa shape index (κ1) is 21.0. The zero-order chi connectivity index (χ0) is 21.7. The Balaban J connectivity index is 1.51. The molecule has 2 N–H and O–H groups in total. The Bertz CT molecular complexity index is 1110. The Kier molecular flexibility index (Phi) is 6.43. The van der Waals surface area contributed by atoms with Crippen LogP contribution in [0, 0.1) is 0 Å². The van der Waals surface area contributed by atoms with Gasteiger partial charge in [0.15, 0.2) is 18.1 Å². The molecule has 0 atom stereocenters. The molecule has 3 rings (SSSR count). The SMILES string of the molecule is COc1ccc(C(=O)NNC(=O)COC(=O)c2cc3cc(Cl)ccc3o2)cc1OC. The molecular formula is C20H17ClN2O7. The summed E-state index contributed by atoms with van der Waals surface area (Å²) in [5.41, 5.74) is 5.05. The van der Waals surface area contributed by atoms with E-state index in [2.05, 4.69) is 10.9 Å². The lowest BCUT2D eigenvalue weighted by molar-refractivity contribution is -0.125. The number of methoxy groups -OCH3 is 2. The Morgan fingerprint density at radius 2 is 1.73 bits per heavy atom. The fourth-order valence-electron chi connectivity index (χ4n) is 2.53. The van der Waals surface area contributed by atoms with Gasteiger partial charge in [-0.25, -0.2) is 4.79 Å². The number of benzene rings is 2. The Morgan fingerprint density at radius 3 is 2.47 bits per heavy atom. The number of furan rings is 1. The average molecular weight is 433 g/mol. The van der Waals surface area contributed by atoms with Crippen LogP contribution >= 0.6 is 11.6 Å². The molecule has 1 aromatic heterocycles. The molecule has 0 fully saturated rings. The van der Waals surface area contributed by atoms with E-state index in [0.29, 0.717) is 27.5 Å². The molecule has 30 heavy (non-hydrogen) atoms. The molecule has 9 nitrogen and oxygen atoms in total. The maximum Gasteiger partial charge on any atom is 0.374 e. The molecule has 2 aromatic carbocycles. The number of amides is 2. The zero-order valence-corrected chi connectivity index (χ0v) is 16.7. The van der Waals surface area contributed by atoms with E-state index in [1.165, 1.54) is 32.4 Å². The van der Waals surface area contributed by atoms with Gasteiger partial charge >= 0.3 is 5.97 Å². The van der Waals surface area contributed by atoms with E-state index in [1.807, 2.05) is 0 Å². The van der Waals surface area contributed by atoms with Gasteiger partial charge in [-0.15, -0.1) is 0 Å². The molecule has 1 heterocycles. The Hall–Kier alpha value is -3.72. The number of carbonyl (C=O) groups excluding carboxylic acids is 3. The molecule has 0 spiro atoms. The molecule has 0 saturated heterocycles. The summed E-state index contributed by atoms with van der Waals surface area (Å²) >= 11 is 5.89. The predicted molar refractivity (Wildman–Crippen MR) is 107 cm³/mol. The van der Waals surface area contributed by atoms with Crippen molar-refractivity contribution in [2.45, 2.75) is 0 Å². The summed E-state index contributed by atoms with van der Waals surface area (Å²) in [4.78, 5) is 36.1. The van der Waals surface area contributed by atoms with E-state index in [0.717, 1.165) is 0 Å². The summed E-state index contributed by atoms with van der Waals surface area (Å²) in [6.07, 6.45) is 0. The minimum atomic E-state index is -0.830. The first-order valence-electron chi connectivity index (χ1n) is 8.58. The fourth-order valence-corrected chi connectivity index (χ4v) is 2.71. The van der Waals surface area contributed by atoms with E-state index in [9.17, 15) is 14.4 Å². The van der Waals surface area contributed by atoms with Gasteiger partial charge in [0.05, 0.1) is 14.2 Å². The summed E-state index contributed by atoms with van der Waals surface area (Å²) in [6, 6.07) is 10.8. The van der Waals surface area contributed by atoms with Crippen molar-refractivity contribution < 1.29 is 33.0 Å². The second-order valence-corrected chi connectivity index (χ2v) is 6.38.